The summed E-state index contributed by atoms with van der Waals surface area (Å²) >= 11 is 0. The van der Waals surface area contributed by atoms with Crippen LogP contribution in [0.3, 0.4) is 0 Å². The lowest BCUT2D eigenvalue weighted by Crippen LogP contribution is -2.00. The highest BCUT2D eigenvalue weighted by atomic mass is 16.5. The SMILES string of the molecule is CCCCCCCCCCCCCCCCCCCCCCCCCCCCCCCC([O])O. The van der Waals surface area contributed by atoms with Gasteiger partial charge in [0.2, 0.25) is 0 Å². The second kappa shape index (κ2) is 31.0. The standard InChI is InChI=1S/C32H65O2/c1-2-3-4-5-6-7-8-9-10-11-12-13-14-15-16-17-18-19-20-21-22-23-24-25-26-27-28-29-30-31-32(33)34/h32-33H,2-31H2,1H3. The maximum absolute atomic E-state index is 10.5. The average Bonchev–Trinajstić information content (AvgIpc) is 2.83. The quantitative estimate of drug-likeness (QED) is 0.0803. The molecule has 0 saturated carbocycles. The zero-order valence-electron chi connectivity index (χ0n) is 23.6. The van der Waals surface area contributed by atoms with E-state index in [0.717, 1.165) is 12.8 Å². The maximum Gasteiger partial charge on any atom is 0.188 e. The van der Waals surface area contributed by atoms with Gasteiger partial charge in [-0.25, -0.2) is 5.11 Å². The first kappa shape index (κ1) is 33.9. The molecule has 1 N–H and O–H groups in total. The van der Waals surface area contributed by atoms with E-state index in [4.69, 9.17) is 5.11 Å². The molecule has 0 aromatic carbocycles. The lowest BCUT2D eigenvalue weighted by atomic mass is 10.0. The lowest BCUT2D eigenvalue weighted by Gasteiger charge is -2.05. The number of aliphatic hydroxyl groups is 1. The van der Waals surface area contributed by atoms with E-state index in [1.54, 1.807) is 0 Å². The van der Waals surface area contributed by atoms with E-state index in [1.165, 1.54) is 173 Å². The molecule has 0 aliphatic rings. The van der Waals surface area contributed by atoms with Crippen molar-refractivity contribution in [1.82, 2.24) is 0 Å². The fraction of sp³-hybridized carbons (Fsp3) is 1.00. The molecule has 2 heteroatoms. The van der Waals surface area contributed by atoms with Gasteiger partial charge in [0, 0.05) is 6.42 Å². The normalized spacial score (nSPS) is 11.6. The van der Waals surface area contributed by atoms with Crippen LogP contribution in [0, 0.1) is 0 Å². The molecule has 0 bridgehead atoms. The molecule has 2 nitrogen and oxygen atoms in total. The lowest BCUT2D eigenvalue weighted by molar-refractivity contribution is -0.0968. The Bertz CT molecular complexity index is 342. The first-order chi connectivity index (χ1) is 16.8. The zero-order chi connectivity index (χ0) is 24.8. The van der Waals surface area contributed by atoms with Crippen molar-refractivity contribution in [2.24, 2.45) is 0 Å². The van der Waals surface area contributed by atoms with Crippen molar-refractivity contribution in [2.75, 3.05) is 0 Å². The topological polar surface area (TPSA) is 40.1 Å². The molecule has 0 aliphatic carbocycles. The minimum absolute atomic E-state index is 0.430. The summed E-state index contributed by atoms with van der Waals surface area (Å²) in [4.78, 5) is 0. The number of rotatable bonds is 30. The first-order valence-corrected chi connectivity index (χ1v) is 16.1. The van der Waals surface area contributed by atoms with Crippen molar-refractivity contribution in [1.29, 1.82) is 0 Å². The van der Waals surface area contributed by atoms with Gasteiger partial charge in [0.1, 0.15) is 0 Å². The molecule has 1 atom stereocenters. The molecule has 0 aromatic heterocycles. The largest absolute Gasteiger partial charge is 0.366 e. The Hall–Kier alpha value is -0.0800. The van der Waals surface area contributed by atoms with Gasteiger partial charge >= 0.3 is 0 Å². The second-order valence-electron chi connectivity index (χ2n) is 11.1. The molecule has 0 aromatic rings. The highest BCUT2D eigenvalue weighted by molar-refractivity contribution is 4.52. The van der Waals surface area contributed by atoms with Gasteiger partial charge in [0.05, 0.1) is 0 Å². The molecule has 0 fully saturated rings. The van der Waals surface area contributed by atoms with E-state index in [-0.39, 0.29) is 0 Å². The van der Waals surface area contributed by atoms with Crippen molar-refractivity contribution in [3.8, 4) is 0 Å². The fourth-order valence-corrected chi connectivity index (χ4v) is 5.17. The van der Waals surface area contributed by atoms with Crippen LogP contribution in [0.15, 0.2) is 0 Å². The van der Waals surface area contributed by atoms with E-state index in [9.17, 15) is 5.11 Å². The third kappa shape index (κ3) is 31.9. The van der Waals surface area contributed by atoms with Crippen LogP contribution >= 0.6 is 0 Å². The highest BCUT2D eigenvalue weighted by Gasteiger charge is 1.99. The van der Waals surface area contributed by atoms with Gasteiger partial charge in [-0.1, -0.05) is 187 Å². The van der Waals surface area contributed by atoms with Crippen LogP contribution < -0.4 is 0 Å². The summed E-state index contributed by atoms with van der Waals surface area (Å²) in [5.41, 5.74) is 0. The predicted molar refractivity (Wildman–Crippen MR) is 151 cm³/mol. The number of unbranched alkanes of at least 4 members (excludes halogenated alkanes) is 28. The van der Waals surface area contributed by atoms with Crippen molar-refractivity contribution in [3.63, 3.8) is 0 Å². The second-order valence-corrected chi connectivity index (χ2v) is 11.1. The van der Waals surface area contributed by atoms with Gasteiger partial charge in [-0.3, -0.25) is 0 Å². The molecule has 0 amide bonds. The molecule has 0 rings (SSSR count). The summed E-state index contributed by atoms with van der Waals surface area (Å²) in [6.07, 6.45) is 39.8. The van der Waals surface area contributed by atoms with Gasteiger partial charge in [0.15, 0.2) is 6.29 Å². The Morgan fingerprint density at radius 3 is 0.706 bits per heavy atom. The highest BCUT2D eigenvalue weighted by Crippen LogP contribution is 2.16. The molecular weight excluding hydrogens is 416 g/mol. The zero-order valence-corrected chi connectivity index (χ0v) is 23.6. The molecule has 0 spiro atoms. The minimum atomic E-state index is -1.35. The van der Waals surface area contributed by atoms with Gasteiger partial charge in [0.25, 0.3) is 0 Å². The van der Waals surface area contributed by atoms with Gasteiger partial charge < -0.3 is 5.11 Å². The predicted octanol–water partition coefficient (Wildman–Crippen LogP) is 11.5. The van der Waals surface area contributed by atoms with Gasteiger partial charge in [-0.05, 0) is 6.42 Å². The Morgan fingerprint density at radius 1 is 0.353 bits per heavy atom. The summed E-state index contributed by atoms with van der Waals surface area (Å²) in [5, 5.41) is 19.2. The Balaban J connectivity index is 3.00. The van der Waals surface area contributed by atoms with Crippen LogP contribution in [-0.2, 0) is 5.11 Å². The Kier molecular flexibility index (Phi) is 30.9. The molecular formula is C32H65O2. The molecule has 1 unspecified atom stereocenters. The van der Waals surface area contributed by atoms with Crippen molar-refractivity contribution in [3.05, 3.63) is 0 Å². The van der Waals surface area contributed by atoms with Crippen LogP contribution in [0.4, 0.5) is 0 Å². The third-order valence-corrected chi connectivity index (χ3v) is 7.55. The molecule has 205 valence electrons. The Labute approximate surface area is 216 Å². The fourth-order valence-electron chi connectivity index (χ4n) is 5.17. The summed E-state index contributed by atoms with van der Waals surface area (Å²) in [6, 6.07) is 0. The summed E-state index contributed by atoms with van der Waals surface area (Å²) in [6.45, 7) is 2.30. The molecule has 0 aliphatic heterocycles. The monoisotopic (exact) mass is 481 g/mol. The summed E-state index contributed by atoms with van der Waals surface area (Å²) in [5.74, 6) is 0. The van der Waals surface area contributed by atoms with E-state index in [1.807, 2.05) is 0 Å². The van der Waals surface area contributed by atoms with Crippen LogP contribution in [0.5, 0.6) is 0 Å². The van der Waals surface area contributed by atoms with Gasteiger partial charge in [-0.15, -0.1) is 0 Å². The Morgan fingerprint density at radius 2 is 0.529 bits per heavy atom. The number of aliphatic hydroxyl groups excluding tert-OH is 1. The number of hydrogen-bond acceptors (Lipinski definition) is 1. The van der Waals surface area contributed by atoms with Crippen LogP contribution in [0.25, 0.3) is 0 Å². The molecule has 34 heavy (non-hydrogen) atoms. The van der Waals surface area contributed by atoms with Crippen molar-refractivity contribution >= 4 is 0 Å². The maximum atomic E-state index is 10.5. The molecule has 0 saturated heterocycles. The van der Waals surface area contributed by atoms with Crippen molar-refractivity contribution < 1.29 is 10.2 Å². The van der Waals surface area contributed by atoms with E-state index >= 15 is 0 Å². The summed E-state index contributed by atoms with van der Waals surface area (Å²) < 4.78 is 0. The minimum Gasteiger partial charge on any atom is -0.366 e. The van der Waals surface area contributed by atoms with Crippen LogP contribution in [-0.4, -0.2) is 11.4 Å². The van der Waals surface area contributed by atoms with Crippen molar-refractivity contribution in [2.45, 2.75) is 206 Å². The van der Waals surface area contributed by atoms with Crippen LogP contribution in [0.1, 0.15) is 200 Å². The first-order valence-electron chi connectivity index (χ1n) is 16.1. The average molecular weight is 482 g/mol. The van der Waals surface area contributed by atoms with E-state index in [0.29, 0.717) is 6.42 Å². The van der Waals surface area contributed by atoms with E-state index in [2.05, 4.69) is 6.92 Å². The van der Waals surface area contributed by atoms with E-state index < -0.39 is 6.29 Å². The summed E-state index contributed by atoms with van der Waals surface area (Å²) in [7, 11) is 0. The van der Waals surface area contributed by atoms with Crippen LogP contribution in [0.2, 0.25) is 0 Å². The number of hydrogen-bond donors (Lipinski definition) is 1. The molecule has 0 heterocycles. The molecule has 1 radical (unpaired) electrons. The van der Waals surface area contributed by atoms with Gasteiger partial charge in [-0.2, -0.15) is 0 Å². The smallest absolute Gasteiger partial charge is 0.188 e. The third-order valence-electron chi connectivity index (χ3n) is 7.55.